The number of carbonyl (C=O) groups excluding carboxylic acids is 1. The van der Waals surface area contributed by atoms with Crippen LogP contribution in [0.2, 0.25) is 5.02 Å². The molecule has 3 N–H and O–H groups in total. The van der Waals surface area contributed by atoms with Crippen LogP contribution >= 0.6 is 11.6 Å². The van der Waals surface area contributed by atoms with Crippen molar-refractivity contribution in [3.05, 3.63) is 64.7 Å². The first-order valence-electron chi connectivity index (χ1n) is 6.51. The van der Waals surface area contributed by atoms with Gasteiger partial charge >= 0.3 is 0 Å². The number of anilines is 1. The lowest BCUT2D eigenvalue weighted by molar-refractivity contribution is -0.118. The number of amides is 1. The average molecular weight is 289 g/mol. The number of carbonyl (C=O) groups is 1. The largest absolute Gasteiger partial charge is 0.370 e. The summed E-state index contributed by atoms with van der Waals surface area (Å²) in [5.41, 5.74) is 8.32. The summed E-state index contributed by atoms with van der Waals surface area (Å²) in [7, 11) is 0. The Labute approximate surface area is 123 Å². The van der Waals surface area contributed by atoms with Crippen molar-refractivity contribution in [1.82, 2.24) is 0 Å². The molecule has 0 aliphatic carbocycles. The van der Waals surface area contributed by atoms with Crippen LogP contribution in [-0.2, 0) is 11.2 Å². The molecule has 0 aliphatic heterocycles. The molecular weight excluding hydrogens is 272 g/mol. The molecule has 0 saturated carbocycles. The summed E-state index contributed by atoms with van der Waals surface area (Å²) in [6, 6.07) is 14.5. The number of hydrogen-bond donors (Lipinski definition) is 2. The van der Waals surface area contributed by atoms with Crippen molar-refractivity contribution in [1.29, 1.82) is 0 Å². The summed E-state index contributed by atoms with van der Waals surface area (Å²) in [5, 5.41) is 3.76. The smallest absolute Gasteiger partial charge is 0.244 e. The predicted octanol–water partition coefficient (Wildman–Crippen LogP) is 3.54. The van der Waals surface area contributed by atoms with Crippen LogP contribution in [0.3, 0.4) is 0 Å². The van der Waals surface area contributed by atoms with Crippen LogP contribution in [-0.4, -0.2) is 5.91 Å². The lowest BCUT2D eigenvalue weighted by atomic mass is 9.98. The number of primary amides is 1. The highest BCUT2D eigenvalue weighted by Gasteiger charge is 2.19. The minimum atomic E-state index is -0.565. The second-order valence-electron chi connectivity index (χ2n) is 4.54. The Hall–Kier alpha value is -2.00. The van der Waals surface area contributed by atoms with Crippen LogP contribution in [0.25, 0.3) is 0 Å². The van der Waals surface area contributed by atoms with Crippen molar-refractivity contribution in [2.24, 2.45) is 5.73 Å². The Morgan fingerprint density at radius 1 is 1.25 bits per heavy atom. The van der Waals surface area contributed by atoms with E-state index in [0.717, 1.165) is 23.2 Å². The van der Waals surface area contributed by atoms with Crippen LogP contribution in [0.15, 0.2) is 48.5 Å². The van der Waals surface area contributed by atoms with E-state index in [4.69, 9.17) is 17.3 Å². The fourth-order valence-corrected chi connectivity index (χ4v) is 2.38. The van der Waals surface area contributed by atoms with Gasteiger partial charge in [-0.15, -0.1) is 0 Å². The van der Waals surface area contributed by atoms with Gasteiger partial charge in [-0.3, -0.25) is 4.79 Å². The molecular formula is C16H17ClN2O. The minimum Gasteiger partial charge on any atom is -0.370 e. The molecule has 0 bridgehead atoms. The summed E-state index contributed by atoms with van der Waals surface area (Å²) in [6.07, 6.45) is 0.844. The molecule has 4 heteroatoms. The highest BCUT2D eigenvalue weighted by atomic mass is 35.5. The fourth-order valence-electron chi connectivity index (χ4n) is 2.18. The molecule has 20 heavy (non-hydrogen) atoms. The van der Waals surface area contributed by atoms with Gasteiger partial charge in [0, 0.05) is 10.7 Å². The average Bonchev–Trinajstić information content (AvgIpc) is 2.44. The Balaban J connectivity index is 2.34. The minimum absolute atomic E-state index is 0.411. The van der Waals surface area contributed by atoms with Crippen molar-refractivity contribution < 1.29 is 4.79 Å². The molecule has 104 valence electrons. The van der Waals surface area contributed by atoms with Gasteiger partial charge in [0.2, 0.25) is 5.91 Å². The van der Waals surface area contributed by atoms with Crippen molar-refractivity contribution in [2.75, 3.05) is 5.32 Å². The number of rotatable bonds is 5. The van der Waals surface area contributed by atoms with E-state index in [0.29, 0.717) is 5.02 Å². The third-order valence-corrected chi connectivity index (χ3v) is 3.40. The van der Waals surface area contributed by atoms with E-state index in [1.165, 1.54) is 0 Å². The number of benzene rings is 2. The lowest BCUT2D eigenvalue weighted by Crippen LogP contribution is -2.28. The second-order valence-corrected chi connectivity index (χ2v) is 4.98. The molecule has 1 atom stereocenters. The highest BCUT2D eigenvalue weighted by Crippen LogP contribution is 2.24. The first-order chi connectivity index (χ1) is 9.61. The van der Waals surface area contributed by atoms with Crippen molar-refractivity contribution in [2.45, 2.75) is 19.4 Å². The monoisotopic (exact) mass is 288 g/mol. The summed E-state index contributed by atoms with van der Waals surface area (Å²) in [5.74, 6) is -0.411. The van der Waals surface area contributed by atoms with Gasteiger partial charge < -0.3 is 11.1 Å². The summed E-state index contributed by atoms with van der Waals surface area (Å²) in [4.78, 5) is 11.8. The number of nitrogens with two attached hydrogens (primary N) is 1. The standard InChI is InChI=1S/C16H17ClN2O/c1-2-11-6-3-4-9-14(11)15(16(18)20)19-13-8-5-7-12(17)10-13/h3-10,15,19H,2H2,1H3,(H2,18,20). The Kier molecular flexibility index (Phi) is 4.64. The number of hydrogen-bond acceptors (Lipinski definition) is 2. The highest BCUT2D eigenvalue weighted by molar-refractivity contribution is 6.30. The van der Waals surface area contributed by atoms with Crippen molar-refractivity contribution >= 4 is 23.2 Å². The summed E-state index contributed by atoms with van der Waals surface area (Å²) < 4.78 is 0. The Morgan fingerprint density at radius 2 is 2.00 bits per heavy atom. The van der Waals surface area contributed by atoms with E-state index in [1.54, 1.807) is 12.1 Å². The third kappa shape index (κ3) is 3.31. The second kappa shape index (κ2) is 6.44. The van der Waals surface area contributed by atoms with Gasteiger partial charge in [-0.05, 0) is 35.7 Å². The van der Waals surface area contributed by atoms with E-state index < -0.39 is 11.9 Å². The quantitative estimate of drug-likeness (QED) is 0.884. The molecule has 0 aliphatic rings. The number of halogens is 1. The molecule has 2 aromatic carbocycles. The predicted molar refractivity (Wildman–Crippen MR) is 82.8 cm³/mol. The van der Waals surface area contributed by atoms with Crippen LogP contribution < -0.4 is 11.1 Å². The Bertz CT molecular complexity index is 613. The van der Waals surface area contributed by atoms with Gasteiger partial charge in [0.15, 0.2) is 0 Å². The molecule has 2 aromatic rings. The molecule has 0 radical (unpaired) electrons. The molecule has 3 nitrogen and oxygen atoms in total. The van der Waals surface area contributed by atoms with E-state index in [1.807, 2.05) is 36.4 Å². The van der Waals surface area contributed by atoms with Crippen LogP contribution in [0, 0.1) is 0 Å². The van der Waals surface area contributed by atoms with Crippen molar-refractivity contribution in [3.63, 3.8) is 0 Å². The Morgan fingerprint density at radius 3 is 2.65 bits per heavy atom. The molecule has 0 aromatic heterocycles. The van der Waals surface area contributed by atoms with Crippen molar-refractivity contribution in [3.8, 4) is 0 Å². The molecule has 2 rings (SSSR count). The zero-order valence-electron chi connectivity index (χ0n) is 11.3. The maximum Gasteiger partial charge on any atom is 0.244 e. The van der Waals surface area contributed by atoms with E-state index >= 15 is 0 Å². The van der Waals surface area contributed by atoms with E-state index in [2.05, 4.69) is 12.2 Å². The molecule has 0 saturated heterocycles. The first kappa shape index (κ1) is 14.4. The van der Waals surface area contributed by atoms with Gasteiger partial charge in [-0.2, -0.15) is 0 Å². The maximum atomic E-state index is 11.8. The maximum absolute atomic E-state index is 11.8. The third-order valence-electron chi connectivity index (χ3n) is 3.17. The van der Waals surface area contributed by atoms with Crippen LogP contribution in [0.1, 0.15) is 24.1 Å². The van der Waals surface area contributed by atoms with E-state index in [-0.39, 0.29) is 0 Å². The van der Waals surface area contributed by atoms with Gasteiger partial charge in [0.25, 0.3) is 0 Å². The van der Waals surface area contributed by atoms with E-state index in [9.17, 15) is 4.79 Å². The zero-order valence-corrected chi connectivity index (χ0v) is 12.0. The molecule has 1 unspecified atom stereocenters. The van der Waals surface area contributed by atoms with Crippen LogP contribution in [0.5, 0.6) is 0 Å². The first-order valence-corrected chi connectivity index (χ1v) is 6.89. The van der Waals surface area contributed by atoms with Gasteiger partial charge in [0.1, 0.15) is 6.04 Å². The normalized spacial score (nSPS) is 11.9. The zero-order chi connectivity index (χ0) is 14.5. The molecule has 0 spiro atoms. The lowest BCUT2D eigenvalue weighted by Gasteiger charge is -2.20. The van der Waals surface area contributed by atoms with Gasteiger partial charge in [0.05, 0.1) is 0 Å². The number of nitrogens with one attached hydrogen (secondary N) is 1. The fraction of sp³-hybridized carbons (Fsp3) is 0.188. The SMILES string of the molecule is CCc1ccccc1C(Nc1cccc(Cl)c1)C(N)=O. The molecule has 1 amide bonds. The summed E-state index contributed by atoms with van der Waals surface area (Å²) >= 11 is 5.96. The number of aryl methyl sites for hydroxylation is 1. The molecule has 0 fully saturated rings. The topological polar surface area (TPSA) is 55.1 Å². The van der Waals surface area contributed by atoms with Gasteiger partial charge in [-0.1, -0.05) is 48.9 Å². The van der Waals surface area contributed by atoms with Crippen LogP contribution in [0.4, 0.5) is 5.69 Å². The molecule has 0 heterocycles. The summed E-state index contributed by atoms with van der Waals surface area (Å²) in [6.45, 7) is 2.05. The van der Waals surface area contributed by atoms with Gasteiger partial charge in [-0.25, -0.2) is 0 Å².